The summed E-state index contributed by atoms with van der Waals surface area (Å²) in [5.41, 5.74) is -0.617. The smallest absolute Gasteiger partial charge is 0.328 e. The van der Waals surface area contributed by atoms with Gasteiger partial charge in [0.05, 0.1) is 11.3 Å². The van der Waals surface area contributed by atoms with Crippen molar-refractivity contribution in [3.05, 3.63) is 26.6 Å². The molecule has 0 aliphatic rings. The second-order valence-electron chi connectivity index (χ2n) is 6.03. The molecular formula is C15H14F4IN7O3. The molecule has 15 heteroatoms. The summed E-state index contributed by atoms with van der Waals surface area (Å²) >= 11 is 1.65. The monoisotopic (exact) mass is 543 g/mol. The largest absolute Gasteiger partial charge is 0.406 e. The van der Waals surface area contributed by atoms with Gasteiger partial charge in [0.25, 0.3) is 5.91 Å². The Kier molecular flexibility index (Phi) is 6.94. The van der Waals surface area contributed by atoms with E-state index in [1.165, 1.54) is 14.0 Å². The molecule has 0 aliphatic carbocycles. The zero-order valence-corrected chi connectivity index (χ0v) is 17.8. The standard InChI is InChI=1S/C15H14F4IN7O3/c1-6-9(11(28)22-14-23-24-25-27(14)3)7(16)4-8(20)10(6)21-12(29)13(30)26(2)5-15(17,18)19/h4H,5H2,1-3H3,(H,21,29)(H,22,23,25,28). The topological polar surface area (TPSA) is 122 Å². The van der Waals surface area contributed by atoms with Crippen LogP contribution in [-0.4, -0.2) is 62.6 Å². The molecule has 1 aromatic carbocycles. The number of rotatable bonds is 4. The van der Waals surface area contributed by atoms with Gasteiger partial charge in [0.1, 0.15) is 12.4 Å². The lowest BCUT2D eigenvalue weighted by molar-refractivity contribution is -0.161. The molecule has 0 aliphatic heterocycles. The summed E-state index contributed by atoms with van der Waals surface area (Å²) < 4.78 is 53.0. The third kappa shape index (κ3) is 5.39. The van der Waals surface area contributed by atoms with Crippen LogP contribution >= 0.6 is 22.6 Å². The Morgan fingerprint density at radius 1 is 1.27 bits per heavy atom. The summed E-state index contributed by atoms with van der Waals surface area (Å²) in [6.07, 6.45) is -4.69. The first-order valence-electron chi connectivity index (χ1n) is 7.97. The van der Waals surface area contributed by atoms with E-state index in [1.54, 1.807) is 22.6 Å². The lowest BCUT2D eigenvalue weighted by Gasteiger charge is -2.19. The zero-order valence-electron chi connectivity index (χ0n) is 15.6. The summed E-state index contributed by atoms with van der Waals surface area (Å²) in [5, 5.41) is 14.8. The van der Waals surface area contributed by atoms with E-state index < -0.39 is 41.8 Å². The highest BCUT2D eigenvalue weighted by molar-refractivity contribution is 14.1. The van der Waals surface area contributed by atoms with E-state index in [0.29, 0.717) is 0 Å². The van der Waals surface area contributed by atoms with Gasteiger partial charge in [0, 0.05) is 17.7 Å². The van der Waals surface area contributed by atoms with Crippen molar-refractivity contribution in [1.29, 1.82) is 0 Å². The van der Waals surface area contributed by atoms with E-state index in [0.717, 1.165) is 17.8 Å². The predicted molar refractivity (Wildman–Crippen MR) is 103 cm³/mol. The van der Waals surface area contributed by atoms with Crippen LogP contribution in [0.2, 0.25) is 0 Å². The summed E-state index contributed by atoms with van der Waals surface area (Å²) in [5.74, 6) is -4.77. The van der Waals surface area contributed by atoms with Crippen LogP contribution in [0.4, 0.5) is 29.2 Å². The number of likely N-dealkylation sites (N-methyl/N-ethyl adjacent to an activating group) is 1. The van der Waals surface area contributed by atoms with Crippen molar-refractivity contribution in [2.45, 2.75) is 13.1 Å². The molecule has 3 amide bonds. The number of carbonyl (C=O) groups excluding carboxylic acids is 3. The first-order valence-corrected chi connectivity index (χ1v) is 9.05. The van der Waals surface area contributed by atoms with E-state index in [4.69, 9.17) is 0 Å². The number of benzene rings is 1. The Morgan fingerprint density at radius 2 is 1.90 bits per heavy atom. The molecule has 0 fully saturated rings. The van der Waals surface area contributed by atoms with Crippen molar-refractivity contribution in [3.63, 3.8) is 0 Å². The van der Waals surface area contributed by atoms with Gasteiger partial charge >= 0.3 is 18.0 Å². The fourth-order valence-electron chi connectivity index (χ4n) is 2.35. The van der Waals surface area contributed by atoms with Gasteiger partial charge in [0.15, 0.2) is 0 Å². The quantitative estimate of drug-likeness (QED) is 0.343. The molecule has 2 rings (SSSR count). The average Bonchev–Trinajstić information content (AvgIpc) is 3.00. The number of amides is 3. The van der Waals surface area contributed by atoms with E-state index in [1.807, 2.05) is 0 Å². The summed E-state index contributed by atoms with van der Waals surface area (Å²) in [7, 11) is 2.24. The second kappa shape index (κ2) is 8.88. The van der Waals surface area contributed by atoms with E-state index in [2.05, 4.69) is 26.2 Å². The first-order chi connectivity index (χ1) is 13.8. The fourth-order valence-corrected chi connectivity index (χ4v) is 3.16. The van der Waals surface area contributed by atoms with Crippen molar-refractivity contribution in [2.75, 3.05) is 24.2 Å². The number of alkyl halides is 3. The Balaban J connectivity index is 2.30. The van der Waals surface area contributed by atoms with Gasteiger partial charge < -0.3 is 10.2 Å². The number of tetrazole rings is 1. The van der Waals surface area contributed by atoms with Crippen LogP contribution in [0.15, 0.2) is 6.07 Å². The molecule has 0 spiro atoms. The number of carbonyl (C=O) groups is 3. The molecule has 2 aromatic rings. The lowest BCUT2D eigenvalue weighted by Crippen LogP contribution is -2.42. The molecular weight excluding hydrogens is 529 g/mol. The molecule has 162 valence electrons. The van der Waals surface area contributed by atoms with Crippen LogP contribution in [0.3, 0.4) is 0 Å². The van der Waals surface area contributed by atoms with Crippen LogP contribution in [0.25, 0.3) is 0 Å². The molecule has 1 aromatic heterocycles. The van der Waals surface area contributed by atoms with Gasteiger partial charge in [-0.3, -0.25) is 19.7 Å². The van der Waals surface area contributed by atoms with Crippen molar-refractivity contribution in [3.8, 4) is 0 Å². The number of aromatic nitrogens is 4. The van der Waals surface area contributed by atoms with Crippen molar-refractivity contribution in [2.24, 2.45) is 7.05 Å². The Labute approximate surface area is 180 Å². The minimum Gasteiger partial charge on any atom is -0.328 e. The minimum absolute atomic E-state index is 0.0494. The van der Waals surface area contributed by atoms with Crippen molar-refractivity contribution < 1.29 is 31.9 Å². The minimum atomic E-state index is -4.69. The van der Waals surface area contributed by atoms with Crippen LogP contribution in [-0.2, 0) is 16.6 Å². The molecule has 0 radical (unpaired) electrons. The van der Waals surface area contributed by atoms with Gasteiger partial charge in [0.2, 0.25) is 5.95 Å². The van der Waals surface area contributed by atoms with Gasteiger partial charge in [-0.15, -0.1) is 0 Å². The number of hydrogen-bond acceptors (Lipinski definition) is 6. The van der Waals surface area contributed by atoms with Crippen LogP contribution in [0.1, 0.15) is 15.9 Å². The highest BCUT2D eigenvalue weighted by atomic mass is 127. The molecule has 0 saturated heterocycles. The van der Waals surface area contributed by atoms with Crippen molar-refractivity contribution >= 4 is 51.9 Å². The fraction of sp³-hybridized carbons (Fsp3) is 0.333. The van der Waals surface area contributed by atoms with Crippen LogP contribution in [0.5, 0.6) is 0 Å². The maximum absolute atomic E-state index is 14.4. The molecule has 1 heterocycles. The SMILES string of the molecule is Cc1c(NC(=O)C(=O)N(C)CC(F)(F)F)c(I)cc(F)c1C(=O)Nc1nnnn1C. The van der Waals surface area contributed by atoms with Crippen molar-refractivity contribution in [1.82, 2.24) is 25.1 Å². The van der Waals surface area contributed by atoms with E-state index in [9.17, 15) is 31.9 Å². The van der Waals surface area contributed by atoms with Crippen LogP contribution < -0.4 is 10.6 Å². The lowest BCUT2D eigenvalue weighted by atomic mass is 10.0. The van der Waals surface area contributed by atoms with Gasteiger partial charge in [-0.1, -0.05) is 5.10 Å². The first kappa shape index (κ1) is 23.4. The number of halogens is 5. The maximum Gasteiger partial charge on any atom is 0.406 e. The molecule has 2 N–H and O–H groups in total. The summed E-state index contributed by atoms with van der Waals surface area (Å²) in [6.45, 7) is -0.327. The Bertz CT molecular complexity index is 1010. The van der Waals surface area contributed by atoms with Gasteiger partial charge in [-0.25, -0.2) is 9.07 Å². The molecule has 0 unspecified atom stereocenters. The highest BCUT2D eigenvalue weighted by Crippen LogP contribution is 2.29. The number of nitrogens with zero attached hydrogens (tertiary/aromatic N) is 5. The molecule has 0 bridgehead atoms. The normalized spacial score (nSPS) is 11.2. The third-order valence-electron chi connectivity index (χ3n) is 3.75. The molecule has 10 nitrogen and oxygen atoms in total. The average molecular weight is 543 g/mol. The maximum atomic E-state index is 14.4. The second-order valence-corrected chi connectivity index (χ2v) is 7.19. The number of nitrogens with one attached hydrogen (secondary N) is 2. The molecule has 30 heavy (non-hydrogen) atoms. The van der Waals surface area contributed by atoms with E-state index >= 15 is 0 Å². The molecule has 0 atom stereocenters. The number of anilines is 2. The predicted octanol–water partition coefficient (Wildman–Crippen LogP) is 1.47. The summed E-state index contributed by atoms with van der Waals surface area (Å²) in [4.78, 5) is 36.7. The Morgan fingerprint density at radius 3 is 2.43 bits per heavy atom. The van der Waals surface area contributed by atoms with E-state index in [-0.39, 0.29) is 25.7 Å². The summed E-state index contributed by atoms with van der Waals surface area (Å²) in [6, 6.07) is 0.927. The Hall–Kier alpha value is -2.85. The highest BCUT2D eigenvalue weighted by Gasteiger charge is 2.33. The van der Waals surface area contributed by atoms with Gasteiger partial charge in [-0.2, -0.15) is 13.2 Å². The zero-order chi connectivity index (χ0) is 22.8. The number of aryl methyl sites for hydroxylation is 1. The molecule has 0 saturated carbocycles. The van der Waals surface area contributed by atoms with Crippen LogP contribution in [0, 0.1) is 16.3 Å². The third-order valence-corrected chi connectivity index (χ3v) is 4.60. The van der Waals surface area contributed by atoms with Gasteiger partial charge in [-0.05, 0) is 51.6 Å². The number of hydrogen-bond donors (Lipinski definition) is 2.